The Kier molecular flexibility index (Phi) is 6.03. The second-order valence-corrected chi connectivity index (χ2v) is 6.82. The molecule has 0 amide bonds. The average molecular weight is 238 g/mol. The number of hydrogen-bond acceptors (Lipinski definition) is 0. The van der Waals surface area contributed by atoms with Gasteiger partial charge in [-0.3, -0.25) is 0 Å². The molecule has 0 aliphatic heterocycles. The molecule has 1 saturated carbocycles. The van der Waals surface area contributed by atoms with Gasteiger partial charge in [0.15, 0.2) is 0 Å². The average Bonchev–Trinajstić information content (AvgIpc) is 2.51. The topological polar surface area (TPSA) is 0 Å². The molecule has 17 heavy (non-hydrogen) atoms. The number of hydrogen-bond donors (Lipinski definition) is 0. The van der Waals surface area contributed by atoms with Gasteiger partial charge in [0.05, 0.1) is 0 Å². The standard InChI is InChI=1S/C17H34/c1-6-11-17(16(5)15(4)7-2)12-8-9-14(3)10-13-17/h14-16H,6-13H2,1-5H3. The first-order chi connectivity index (χ1) is 8.05. The van der Waals surface area contributed by atoms with Crippen LogP contribution in [0.4, 0.5) is 0 Å². The molecule has 4 atom stereocenters. The molecule has 0 aromatic heterocycles. The molecular weight excluding hydrogens is 204 g/mol. The van der Waals surface area contributed by atoms with Crippen molar-refractivity contribution in [2.45, 2.75) is 86.0 Å². The highest BCUT2D eigenvalue weighted by Gasteiger charge is 2.38. The fourth-order valence-corrected chi connectivity index (χ4v) is 3.99. The third-order valence-electron chi connectivity index (χ3n) is 5.72. The highest BCUT2D eigenvalue weighted by atomic mass is 14.4. The molecule has 0 spiro atoms. The van der Waals surface area contributed by atoms with Crippen molar-refractivity contribution in [3.8, 4) is 0 Å². The second kappa shape index (κ2) is 6.81. The molecule has 1 fully saturated rings. The molecule has 4 unspecified atom stereocenters. The molecule has 0 heteroatoms. The summed E-state index contributed by atoms with van der Waals surface area (Å²) in [6.07, 6.45) is 11.6. The van der Waals surface area contributed by atoms with Gasteiger partial charge in [0.2, 0.25) is 0 Å². The van der Waals surface area contributed by atoms with Crippen LogP contribution in [-0.2, 0) is 0 Å². The largest absolute Gasteiger partial charge is 0.0654 e. The Balaban J connectivity index is 2.79. The normalized spacial score (nSPS) is 34.1. The van der Waals surface area contributed by atoms with Gasteiger partial charge in [-0.05, 0) is 42.4 Å². The van der Waals surface area contributed by atoms with Gasteiger partial charge in [0.1, 0.15) is 0 Å². The zero-order valence-electron chi connectivity index (χ0n) is 12.9. The summed E-state index contributed by atoms with van der Waals surface area (Å²) in [5.41, 5.74) is 0.676. The van der Waals surface area contributed by atoms with Crippen molar-refractivity contribution in [1.82, 2.24) is 0 Å². The maximum atomic E-state index is 2.54. The minimum Gasteiger partial charge on any atom is -0.0654 e. The van der Waals surface area contributed by atoms with E-state index in [4.69, 9.17) is 0 Å². The molecule has 0 bridgehead atoms. The Bertz CT molecular complexity index is 208. The Morgan fingerprint density at radius 1 is 1.12 bits per heavy atom. The molecule has 1 rings (SSSR count). The van der Waals surface area contributed by atoms with E-state index in [0.717, 1.165) is 17.8 Å². The van der Waals surface area contributed by atoms with E-state index in [1.54, 1.807) is 0 Å². The van der Waals surface area contributed by atoms with Crippen molar-refractivity contribution in [1.29, 1.82) is 0 Å². The van der Waals surface area contributed by atoms with Crippen LogP contribution in [0.15, 0.2) is 0 Å². The van der Waals surface area contributed by atoms with Gasteiger partial charge < -0.3 is 0 Å². The molecule has 102 valence electrons. The summed E-state index contributed by atoms with van der Waals surface area (Å²) in [5.74, 6) is 2.78. The molecular formula is C17H34. The Hall–Kier alpha value is 0. The van der Waals surface area contributed by atoms with E-state index in [2.05, 4.69) is 34.6 Å². The van der Waals surface area contributed by atoms with Crippen molar-refractivity contribution in [2.24, 2.45) is 23.2 Å². The number of rotatable bonds is 5. The summed E-state index contributed by atoms with van der Waals surface area (Å²) in [4.78, 5) is 0. The first kappa shape index (κ1) is 15.1. The van der Waals surface area contributed by atoms with E-state index in [1.807, 2.05) is 0 Å². The van der Waals surface area contributed by atoms with E-state index in [1.165, 1.54) is 51.4 Å². The molecule has 1 aliphatic carbocycles. The third-order valence-corrected chi connectivity index (χ3v) is 5.72. The lowest BCUT2D eigenvalue weighted by Crippen LogP contribution is -2.32. The third kappa shape index (κ3) is 3.73. The molecule has 0 heterocycles. The fourth-order valence-electron chi connectivity index (χ4n) is 3.99. The van der Waals surface area contributed by atoms with Crippen LogP contribution in [0.2, 0.25) is 0 Å². The zero-order chi connectivity index (χ0) is 12.9. The first-order valence-corrected chi connectivity index (χ1v) is 8.05. The van der Waals surface area contributed by atoms with Gasteiger partial charge in [0.25, 0.3) is 0 Å². The van der Waals surface area contributed by atoms with E-state index in [0.29, 0.717) is 5.41 Å². The lowest BCUT2D eigenvalue weighted by Gasteiger charge is -2.42. The van der Waals surface area contributed by atoms with Crippen LogP contribution in [0.1, 0.15) is 86.0 Å². The smallest absolute Gasteiger partial charge is 0.0269 e. The Morgan fingerprint density at radius 2 is 1.82 bits per heavy atom. The molecule has 0 N–H and O–H groups in total. The van der Waals surface area contributed by atoms with Crippen molar-refractivity contribution in [2.75, 3.05) is 0 Å². The molecule has 1 aliphatic rings. The summed E-state index contributed by atoms with van der Waals surface area (Å²) >= 11 is 0. The van der Waals surface area contributed by atoms with Crippen LogP contribution in [-0.4, -0.2) is 0 Å². The Morgan fingerprint density at radius 3 is 2.41 bits per heavy atom. The van der Waals surface area contributed by atoms with Crippen molar-refractivity contribution in [3.63, 3.8) is 0 Å². The summed E-state index contributed by atoms with van der Waals surface area (Å²) in [5, 5.41) is 0. The van der Waals surface area contributed by atoms with Crippen molar-refractivity contribution >= 4 is 0 Å². The van der Waals surface area contributed by atoms with Crippen LogP contribution in [0.25, 0.3) is 0 Å². The lowest BCUT2D eigenvalue weighted by atomic mass is 9.63. The van der Waals surface area contributed by atoms with Crippen LogP contribution < -0.4 is 0 Å². The predicted octanol–water partition coefficient (Wildman–Crippen LogP) is 6.06. The maximum absolute atomic E-state index is 2.54. The van der Waals surface area contributed by atoms with Crippen LogP contribution >= 0.6 is 0 Å². The van der Waals surface area contributed by atoms with E-state index < -0.39 is 0 Å². The van der Waals surface area contributed by atoms with Gasteiger partial charge in [-0.15, -0.1) is 0 Å². The van der Waals surface area contributed by atoms with Gasteiger partial charge >= 0.3 is 0 Å². The molecule has 0 radical (unpaired) electrons. The van der Waals surface area contributed by atoms with Gasteiger partial charge in [-0.1, -0.05) is 66.7 Å². The minimum atomic E-state index is 0.676. The van der Waals surface area contributed by atoms with Gasteiger partial charge in [0, 0.05) is 0 Å². The van der Waals surface area contributed by atoms with Gasteiger partial charge in [-0.25, -0.2) is 0 Å². The highest BCUT2D eigenvalue weighted by molar-refractivity contribution is 4.88. The summed E-state index contributed by atoms with van der Waals surface area (Å²) in [6, 6.07) is 0. The molecule has 0 aromatic rings. The fraction of sp³-hybridized carbons (Fsp3) is 1.00. The summed E-state index contributed by atoms with van der Waals surface area (Å²) < 4.78 is 0. The summed E-state index contributed by atoms with van der Waals surface area (Å²) in [7, 11) is 0. The first-order valence-electron chi connectivity index (χ1n) is 8.05. The Labute approximate surface area is 110 Å². The van der Waals surface area contributed by atoms with E-state index >= 15 is 0 Å². The SMILES string of the molecule is CCCC1(C(C)C(C)CC)CCCC(C)CC1. The highest BCUT2D eigenvalue weighted by Crippen LogP contribution is 2.49. The quantitative estimate of drug-likeness (QED) is 0.511. The zero-order valence-corrected chi connectivity index (χ0v) is 12.9. The van der Waals surface area contributed by atoms with Crippen molar-refractivity contribution in [3.05, 3.63) is 0 Å². The molecule has 0 saturated heterocycles. The van der Waals surface area contributed by atoms with Crippen LogP contribution in [0.3, 0.4) is 0 Å². The minimum absolute atomic E-state index is 0.676. The predicted molar refractivity (Wildman–Crippen MR) is 78.2 cm³/mol. The van der Waals surface area contributed by atoms with Crippen LogP contribution in [0, 0.1) is 23.2 Å². The monoisotopic (exact) mass is 238 g/mol. The van der Waals surface area contributed by atoms with Gasteiger partial charge in [-0.2, -0.15) is 0 Å². The second-order valence-electron chi connectivity index (χ2n) is 6.82. The molecule has 0 nitrogen and oxygen atoms in total. The van der Waals surface area contributed by atoms with Crippen molar-refractivity contribution < 1.29 is 0 Å². The lowest BCUT2D eigenvalue weighted by molar-refractivity contribution is 0.0828. The molecule has 0 aromatic carbocycles. The van der Waals surface area contributed by atoms with Crippen LogP contribution in [0.5, 0.6) is 0 Å². The van der Waals surface area contributed by atoms with E-state index in [9.17, 15) is 0 Å². The van der Waals surface area contributed by atoms with E-state index in [-0.39, 0.29) is 0 Å². The maximum Gasteiger partial charge on any atom is -0.0269 e. The summed E-state index contributed by atoms with van der Waals surface area (Å²) in [6.45, 7) is 12.2.